The van der Waals surface area contributed by atoms with Crippen molar-refractivity contribution in [3.8, 4) is 0 Å². The fraction of sp³-hybridized carbons (Fsp3) is 0.176. The third kappa shape index (κ3) is 4.11. The van der Waals surface area contributed by atoms with Gasteiger partial charge >= 0.3 is 5.97 Å². The smallest absolute Gasteiger partial charge is 0.306 e. The van der Waals surface area contributed by atoms with Gasteiger partial charge in [-0.15, -0.1) is 11.8 Å². The van der Waals surface area contributed by atoms with E-state index >= 15 is 0 Å². The highest BCUT2D eigenvalue weighted by atomic mass is 32.2. The minimum atomic E-state index is -0.891. The van der Waals surface area contributed by atoms with E-state index in [9.17, 15) is 13.6 Å². The molecule has 0 aliphatic rings. The van der Waals surface area contributed by atoms with Gasteiger partial charge in [0.25, 0.3) is 0 Å². The Morgan fingerprint density at radius 2 is 2.04 bits per heavy atom. The molecule has 0 unspecified atom stereocenters. The number of aromatic amines is 1. The Morgan fingerprint density at radius 1 is 1.17 bits per heavy atom. The average Bonchev–Trinajstić information content (AvgIpc) is 3.04. The van der Waals surface area contributed by atoms with Crippen LogP contribution in [0.5, 0.6) is 0 Å². The lowest BCUT2D eigenvalue weighted by atomic mass is 10.2. The highest BCUT2D eigenvalue weighted by molar-refractivity contribution is 7.99. The van der Waals surface area contributed by atoms with Crippen LogP contribution in [0, 0.1) is 11.6 Å². The van der Waals surface area contributed by atoms with Crippen molar-refractivity contribution in [2.45, 2.75) is 17.9 Å². The van der Waals surface area contributed by atoms with Gasteiger partial charge in [-0.3, -0.25) is 9.89 Å². The number of rotatable bonds is 6. The fourth-order valence-corrected chi connectivity index (χ4v) is 2.99. The summed E-state index contributed by atoms with van der Waals surface area (Å²) in [6.07, 6.45) is 1.90. The van der Waals surface area contributed by atoms with E-state index < -0.39 is 11.6 Å². The molecular formula is C17H14F2N2O2S. The van der Waals surface area contributed by atoms with E-state index in [-0.39, 0.29) is 19.0 Å². The molecule has 2 aromatic carbocycles. The number of carbonyl (C=O) groups is 1. The number of H-pyrrole nitrogens is 1. The molecule has 1 aromatic heterocycles. The van der Waals surface area contributed by atoms with Crippen molar-refractivity contribution in [2.24, 2.45) is 0 Å². The second kappa shape index (κ2) is 7.44. The minimum absolute atomic E-state index is 0.190. The van der Waals surface area contributed by atoms with E-state index in [0.29, 0.717) is 10.6 Å². The topological polar surface area (TPSA) is 55.0 Å². The van der Waals surface area contributed by atoms with Gasteiger partial charge in [0.2, 0.25) is 0 Å². The number of esters is 1. The summed E-state index contributed by atoms with van der Waals surface area (Å²) in [5.74, 6) is -1.67. The Hall–Kier alpha value is -2.41. The van der Waals surface area contributed by atoms with Gasteiger partial charge in [0, 0.05) is 16.0 Å². The number of thioether (sulfide) groups is 1. The lowest BCUT2D eigenvalue weighted by molar-refractivity contribution is -0.144. The summed E-state index contributed by atoms with van der Waals surface area (Å²) in [7, 11) is 0. The van der Waals surface area contributed by atoms with Crippen LogP contribution in [0.4, 0.5) is 8.78 Å². The van der Waals surface area contributed by atoms with Crippen LogP contribution in [-0.4, -0.2) is 21.9 Å². The summed E-state index contributed by atoms with van der Waals surface area (Å²) >= 11 is 1.28. The van der Waals surface area contributed by atoms with Crippen LogP contribution in [-0.2, 0) is 16.1 Å². The number of hydrogen-bond donors (Lipinski definition) is 1. The number of hydrogen-bond acceptors (Lipinski definition) is 4. The van der Waals surface area contributed by atoms with Crippen LogP contribution in [0.15, 0.2) is 47.5 Å². The molecule has 1 N–H and O–H groups in total. The Balaban J connectivity index is 1.44. The van der Waals surface area contributed by atoms with Gasteiger partial charge < -0.3 is 4.74 Å². The van der Waals surface area contributed by atoms with Crippen LogP contribution in [0.3, 0.4) is 0 Å². The first-order valence-electron chi connectivity index (χ1n) is 7.27. The molecular weight excluding hydrogens is 334 g/mol. The van der Waals surface area contributed by atoms with Crippen LogP contribution >= 0.6 is 11.8 Å². The molecule has 0 fully saturated rings. The van der Waals surface area contributed by atoms with Crippen LogP contribution < -0.4 is 0 Å². The lowest BCUT2D eigenvalue weighted by Crippen LogP contribution is -2.05. The molecule has 0 aliphatic carbocycles. The van der Waals surface area contributed by atoms with Crippen LogP contribution in [0.2, 0.25) is 0 Å². The molecule has 0 bridgehead atoms. The van der Waals surface area contributed by atoms with Crippen molar-refractivity contribution < 1.29 is 18.3 Å². The van der Waals surface area contributed by atoms with E-state index in [2.05, 4.69) is 10.2 Å². The standard InChI is InChI=1S/C17H14F2N2O2S/c18-14-3-2-13(8-15(14)19)24-6-5-17(22)23-10-11-1-4-16-12(7-11)9-20-21-16/h1-4,7-9H,5-6,10H2,(H,20,21). The number of aromatic nitrogens is 2. The molecule has 124 valence electrons. The molecule has 1 heterocycles. The number of benzene rings is 2. The predicted molar refractivity (Wildman–Crippen MR) is 87.6 cm³/mol. The highest BCUT2D eigenvalue weighted by Crippen LogP contribution is 2.21. The van der Waals surface area contributed by atoms with Crippen LogP contribution in [0.25, 0.3) is 10.9 Å². The van der Waals surface area contributed by atoms with E-state index in [1.54, 1.807) is 6.20 Å². The molecule has 3 rings (SSSR count). The van der Waals surface area contributed by atoms with E-state index in [1.807, 2.05) is 18.2 Å². The zero-order chi connectivity index (χ0) is 16.9. The average molecular weight is 348 g/mol. The predicted octanol–water partition coefficient (Wildman–Crippen LogP) is 4.07. The molecule has 7 heteroatoms. The molecule has 0 aliphatic heterocycles. The molecule has 0 spiro atoms. The van der Waals surface area contributed by atoms with E-state index in [0.717, 1.165) is 28.6 Å². The summed E-state index contributed by atoms with van der Waals surface area (Å²) in [4.78, 5) is 12.3. The summed E-state index contributed by atoms with van der Waals surface area (Å²) in [6.45, 7) is 0.190. The van der Waals surface area contributed by atoms with Crippen LogP contribution in [0.1, 0.15) is 12.0 Å². The van der Waals surface area contributed by atoms with Gasteiger partial charge in [0.05, 0.1) is 18.1 Å². The van der Waals surface area contributed by atoms with Gasteiger partial charge in [0.1, 0.15) is 6.61 Å². The third-order valence-electron chi connectivity index (χ3n) is 3.37. The summed E-state index contributed by atoms with van der Waals surface area (Å²) in [6, 6.07) is 9.32. The SMILES string of the molecule is O=C(CCSc1ccc(F)c(F)c1)OCc1ccc2[nH]ncc2c1. The number of nitrogens with one attached hydrogen (secondary N) is 1. The number of nitrogens with zero attached hydrogens (tertiary/aromatic N) is 1. The monoisotopic (exact) mass is 348 g/mol. The van der Waals surface area contributed by atoms with Crippen molar-refractivity contribution in [1.82, 2.24) is 10.2 Å². The molecule has 3 aromatic rings. The maximum Gasteiger partial charge on any atom is 0.306 e. The van der Waals surface area contributed by atoms with Gasteiger partial charge in [-0.1, -0.05) is 6.07 Å². The molecule has 4 nitrogen and oxygen atoms in total. The van der Waals surface area contributed by atoms with Crippen molar-refractivity contribution in [1.29, 1.82) is 0 Å². The normalized spacial score (nSPS) is 10.9. The van der Waals surface area contributed by atoms with Gasteiger partial charge in [-0.05, 0) is 35.9 Å². The molecule has 24 heavy (non-hydrogen) atoms. The van der Waals surface area contributed by atoms with Crippen molar-refractivity contribution in [2.75, 3.05) is 5.75 Å². The quantitative estimate of drug-likeness (QED) is 0.539. The van der Waals surface area contributed by atoms with E-state index in [4.69, 9.17) is 4.74 Å². The highest BCUT2D eigenvalue weighted by Gasteiger charge is 2.07. The Bertz CT molecular complexity index is 867. The Morgan fingerprint density at radius 3 is 2.88 bits per heavy atom. The third-order valence-corrected chi connectivity index (χ3v) is 4.37. The zero-order valence-corrected chi connectivity index (χ0v) is 13.4. The van der Waals surface area contributed by atoms with Crippen molar-refractivity contribution in [3.05, 3.63) is 59.8 Å². The second-order valence-electron chi connectivity index (χ2n) is 5.13. The fourth-order valence-electron chi connectivity index (χ4n) is 2.14. The van der Waals surface area contributed by atoms with Gasteiger partial charge in [-0.2, -0.15) is 5.10 Å². The number of fused-ring (bicyclic) bond motifs is 1. The number of ether oxygens (including phenoxy) is 1. The second-order valence-corrected chi connectivity index (χ2v) is 6.29. The number of carbonyl (C=O) groups excluding carboxylic acids is 1. The molecule has 0 amide bonds. The summed E-state index contributed by atoms with van der Waals surface area (Å²) < 4.78 is 31.1. The van der Waals surface area contributed by atoms with E-state index in [1.165, 1.54) is 17.8 Å². The molecule has 0 saturated carbocycles. The first kappa shape index (κ1) is 16.4. The molecule has 0 atom stereocenters. The lowest BCUT2D eigenvalue weighted by Gasteiger charge is -2.05. The summed E-state index contributed by atoms with van der Waals surface area (Å²) in [5, 5.41) is 7.74. The first-order valence-corrected chi connectivity index (χ1v) is 8.26. The summed E-state index contributed by atoms with van der Waals surface area (Å²) in [5.41, 5.74) is 1.80. The molecule has 0 radical (unpaired) electrons. The maximum absolute atomic E-state index is 13.1. The van der Waals surface area contributed by atoms with Crippen molar-refractivity contribution in [3.63, 3.8) is 0 Å². The van der Waals surface area contributed by atoms with Crippen molar-refractivity contribution >= 4 is 28.6 Å². The zero-order valence-electron chi connectivity index (χ0n) is 12.6. The molecule has 0 saturated heterocycles. The first-order chi connectivity index (χ1) is 11.6. The van der Waals surface area contributed by atoms with Gasteiger partial charge in [-0.25, -0.2) is 8.78 Å². The Labute approximate surface area is 141 Å². The number of halogens is 2. The largest absolute Gasteiger partial charge is 0.461 e. The Kier molecular flexibility index (Phi) is 5.10. The minimum Gasteiger partial charge on any atom is -0.461 e. The van der Waals surface area contributed by atoms with Gasteiger partial charge in [0.15, 0.2) is 11.6 Å². The maximum atomic E-state index is 13.1.